The zero-order valence-corrected chi connectivity index (χ0v) is 12.4. The lowest BCUT2D eigenvalue weighted by Gasteiger charge is -2.21. The molecule has 0 saturated carbocycles. The number of hydrogen-bond acceptors (Lipinski definition) is 2. The summed E-state index contributed by atoms with van der Waals surface area (Å²) in [5.74, 6) is -0.213. The van der Waals surface area contributed by atoms with Crippen LogP contribution in [-0.4, -0.2) is 5.97 Å². The molecule has 0 aliphatic carbocycles. The van der Waals surface area contributed by atoms with Crippen molar-refractivity contribution in [2.75, 3.05) is 0 Å². The van der Waals surface area contributed by atoms with Crippen molar-refractivity contribution in [1.29, 1.82) is 0 Å². The van der Waals surface area contributed by atoms with Crippen LogP contribution in [0.25, 0.3) is 0 Å². The third kappa shape index (κ3) is 3.56. The van der Waals surface area contributed by atoms with E-state index in [1.54, 1.807) is 6.08 Å². The Labute approximate surface area is 116 Å². The fourth-order valence-corrected chi connectivity index (χ4v) is 1.84. The van der Waals surface area contributed by atoms with Gasteiger partial charge in [0.25, 0.3) is 0 Å². The molecule has 17 heavy (non-hydrogen) atoms. The maximum Gasteiger partial charge on any atom is 0.315 e. The Balaban J connectivity index is 2.66. The fraction of sp³-hybridized carbons (Fsp3) is 0.357. The molecule has 1 unspecified atom stereocenters. The number of ether oxygens (including phenoxy) is 1. The van der Waals surface area contributed by atoms with Gasteiger partial charge >= 0.3 is 5.97 Å². The molecule has 0 fully saturated rings. The zero-order chi connectivity index (χ0) is 12.9. The van der Waals surface area contributed by atoms with Gasteiger partial charge in [-0.3, -0.25) is 4.79 Å². The molecule has 0 aromatic heterocycles. The largest absolute Gasteiger partial charge is 0.460 e. The molecule has 1 atom stereocenters. The van der Waals surface area contributed by atoms with E-state index in [-0.39, 0.29) is 5.97 Å². The van der Waals surface area contributed by atoms with Crippen molar-refractivity contribution in [1.82, 2.24) is 0 Å². The average Bonchev–Trinajstić information content (AvgIpc) is 2.36. The van der Waals surface area contributed by atoms with Gasteiger partial charge in [-0.1, -0.05) is 31.2 Å². The Morgan fingerprint density at radius 1 is 1.53 bits per heavy atom. The van der Waals surface area contributed by atoms with Crippen LogP contribution in [0, 0.1) is 8.99 Å². The third-order valence-corrected chi connectivity index (χ3v) is 4.02. The Morgan fingerprint density at radius 3 is 2.71 bits per heavy atom. The first kappa shape index (κ1) is 14.2. The normalized spacial score (nSPS) is 13.8. The minimum absolute atomic E-state index is 0.213. The van der Waals surface area contributed by atoms with Gasteiger partial charge in [-0.15, -0.1) is 6.58 Å². The van der Waals surface area contributed by atoms with Crippen molar-refractivity contribution in [3.63, 3.8) is 0 Å². The maximum absolute atomic E-state index is 11.9. The van der Waals surface area contributed by atoms with Gasteiger partial charge in [-0.05, 0) is 42.0 Å². The van der Waals surface area contributed by atoms with Gasteiger partial charge in [0.15, 0.2) is 0 Å². The molecule has 3 heteroatoms. The van der Waals surface area contributed by atoms with Crippen molar-refractivity contribution in [3.8, 4) is 0 Å². The van der Waals surface area contributed by atoms with E-state index in [0.717, 1.165) is 9.13 Å². The highest BCUT2D eigenvalue weighted by molar-refractivity contribution is 14.1. The minimum atomic E-state index is -0.583. The summed E-state index contributed by atoms with van der Waals surface area (Å²) in [6, 6.07) is 7.87. The molecular weight excluding hydrogens is 327 g/mol. The summed E-state index contributed by atoms with van der Waals surface area (Å²) in [6.07, 6.45) is 2.35. The van der Waals surface area contributed by atoms with Crippen molar-refractivity contribution in [3.05, 3.63) is 46.1 Å². The summed E-state index contributed by atoms with van der Waals surface area (Å²) in [5, 5.41) is 0. The second kappa shape index (κ2) is 6.19. The summed E-state index contributed by atoms with van der Waals surface area (Å²) in [5.41, 5.74) is 0.448. The highest BCUT2D eigenvalue weighted by Gasteiger charge is 2.29. The van der Waals surface area contributed by atoms with Gasteiger partial charge in [0.2, 0.25) is 0 Å². The van der Waals surface area contributed by atoms with E-state index in [4.69, 9.17) is 4.74 Å². The van der Waals surface area contributed by atoms with Crippen LogP contribution in [-0.2, 0) is 16.1 Å². The minimum Gasteiger partial charge on any atom is -0.460 e. The van der Waals surface area contributed by atoms with Crippen LogP contribution < -0.4 is 0 Å². The van der Waals surface area contributed by atoms with E-state index in [2.05, 4.69) is 29.2 Å². The average molecular weight is 344 g/mol. The Bertz CT molecular complexity index is 414. The number of benzene rings is 1. The SMILES string of the molecule is C=CC(C)(CC)C(=O)OCc1ccccc1I. The first-order chi connectivity index (χ1) is 8.03. The number of rotatable bonds is 5. The maximum atomic E-state index is 11.9. The predicted octanol–water partition coefficient (Wildman–Crippen LogP) is 3.94. The lowest BCUT2D eigenvalue weighted by Crippen LogP contribution is -2.26. The number of halogens is 1. The Hall–Kier alpha value is -0.840. The summed E-state index contributed by atoms with van der Waals surface area (Å²) in [7, 11) is 0. The molecule has 0 aliphatic heterocycles. The second-order valence-electron chi connectivity index (χ2n) is 4.14. The molecule has 0 N–H and O–H groups in total. The number of carbonyl (C=O) groups excluding carboxylic acids is 1. The van der Waals surface area contributed by atoms with E-state index in [1.807, 2.05) is 38.1 Å². The predicted molar refractivity (Wildman–Crippen MR) is 77.6 cm³/mol. The number of esters is 1. The molecular formula is C14H17IO2. The van der Waals surface area contributed by atoms with Gasteiger partial charge in [0, 0.05) is 9.13 Å². The summed E-state index contributed by atoms with van der Waals surface area (Å²) < 4.78 is 6.45. The number of carbonyl (C=O) groups is 1. The standard InChI is InChI=1S/C14H17IO2/c1-4-14(3,5-2)13(16)17-10-11-8-6-7-9-12(11)15/h4,6-9H,1,5,10H2,2-3H3. The van der Waals surface area contributed by atoms with Crippen molar-refractivity contribution < 1.29 is 9.53 Å². The van der Waals surface area contributed by atoms with Crippen LogP contribution in [0.15, 0.2) is 36.9 Å². The van der Waals surface area contributed by atoms with Crippen LogP contribution in [0.3, 0.4) is 0 Å². The zero-order valence-electron chi connectivity index (χ0n) is 10.2. The van der Waals surface area contributed by atoms with E-state index in [9.17, 15) is 4.79 Å². The molecule has 0 radical (unpaired) electrons. The summed E-state index contributed by atoms with van der Waals surface area (Å²) in [6.45, 7) is 7.81. The van der Waals surface area contributed by atoms with Gasteiger partial charge in [-0.2, -0.15) is 0 Å². The van der Waals surface area contributed by atoms with Crippen molar-refractivity contribution in [2.45, 2.75) is 26.9 Å². The first-order valence-electron chi connectivity index (χ1n) is 5.57. The van der Waals surface area contributed by atoms with E-state index in [1.165, 1.54) is 0 Å². The summed E-state index contributed by atoms with van der Waals surface area (Å²) in [4.78, 5) is 11.9. The molecule has 1 rings (SSSR count). The molecule has 2 nitrogen and oxygen atoms in total. The first-order valence-corrected chi connectivity index (χ1v) is 6.65. The molecule has 0 bridgehead atoms. The topological polar surface area (TPSA) is 26.3 Å². The quantitative estimate of drug-likeness (QED) is 0.460. The van der Waals surface area contributed by atoms with E-state index >= 15 is 0 Å². The second-order valence-corrected chi connectivity index (χ2v) is 5.30. The molecule has 0 saturated heterocycles. The highest BCUT2D eigenvalue weighted by atomic mass is 127. The van der Waals surface area contributed by atoms with Crippen LogP contribution in [0.2, 0.25) is 0 Å². The third-order valence-electron chi connectivity index (χ3n) is 2.97. The van der Waals surface area contributed by atoms with Crippen LogP contribution in [0.1, 0.15) is 25.8 Å². The Morgan fingerprint density at radius 2 is 2.18 bits per heavy atom. The molecule has 0 amide bonds. The monoisotopic (exact) mass is 344 g/mol. The van der Waals surface area contributed by atoms with E-state index < -0.39 is 5.41 Å². The van der Waals surface area contributed by atoms with Crippen LogP contribution in [0.4, 0.5) is 0 Å². The van der Waals surface area contributed by atoms with Crippen LogP contribution >= 0.6 is 22.6 Å². The smallest absolute Gasteiger partial charge is 0.315 e. The van der Waals surface area contributed by atoms with E-state index in [0.29, 0.717) is 13.0 Å². The fourth-order valence-electron chi connectivity index (χ4n) is 1.30. The Kier molecular flexibility index (Phi) is 5.18. The van der Waals surface area contributed by atoms with Gasteiger partial charge in [0.1, 0.15) is 6.61 Å². The van der Waals surface area contributed by atoms with Gasteiger partial charge in [0.05, 0.1) is 5.41 Å². The van der Waals surface area contributed by atoms with Gasteiger partial charge < -0.3 is 4.74 Å². The lowest BCUT2D eigenvalue weighted by molar-refractivity contribution is -0.153. The molecule has 0 heterocycles. The highest BCUT2D eigenvalue weighted by Crippen LogP contribution is 2.25. The number of hydrogen-bond donors (Lipinski definition) is 0. The van der Waals surface area contributed by atoms with Crippen molar-refractivity contribution >= 4 is 28.6 Å². The summed E-state index contributed by atoms with van der Waals surface area (Å²) >= 11 is 2.24. The molecule has 92 valence electrons. The molecule has 1 aromatic rings. The van der Waals surface area contributed by atoms with Gasteiger partial charge in [-0.25, -0.2) is 0 Å². The lowest BCUT2D eigenvalue weighted by atomic mass is 9.88. The molecule has 0 spiro atoms. The van der Waals surface area contributed by atoms with Crippen molar-refractivity contribution in [2.24, 2.45) is 5.41 Å². The molecule has 0 aliphatic rings. The van der Waals surface area contributed by atoms with Crippen LogP contribution in [0.5, 0.6) is 0 Å². The molecule has 1 aromatic carbocycles.